The van der Waals surface area contributed by atoms with Crippen LogP contribution in [0.2, 0.25) is 0 Å². The molecule has 1 saturated carbocycles. The maximum atomic E-state index is 3.33. The van der Waals surface area contributed by atoms with Crippen molar-refractivity contribution in [1.82, 2.24) is 5.32 Å². The van der Waals surface area contributed by atoms with Gasteiger partial charge in [-0.05, 0) is 38.3 Å². The van der Waals surface area contributed by atoms with Crippen LogP contribution in [0.1, 0.15) is 51.9 Å². The van der Waals surface area contributed by atoms with Crippen LogP contribution in [0.25, 0.3) is 0 Å². The fourth-order valence-corrected chi connectivity index (χ4v) is 2.72. The summed E-state index contributed by atoms with van der Waals surface area (Å²) in [5.74, 6) is 2.00. The van der Waals surface area contributed by atoms with Gasteiger partial charge in [-0.3, -0.25) is 0 Å². The molecule has 1 unspecified atom stereocenters. The van der Waals surface area contributed by atoms with Crippen molar-refractivity contribution in [1.29, 1.82) is 0 Å². The van der Waals surface area contributed by atoms with E-state index in [0.717, 1.165) is 11.8 Å². The third-order valence-corrected chi connectivity index (χ3v) is 3.33. The summed E-state index contributed by atoms with van der Waals surface area (Å²) in [6, 6.07) is 0. The Labute approximate surface area is 83.3 Å². The lowest BCUT2D eigenvalue weighted by Crippen LogP contribution is -2.20. The van der Waals surface area contributed by atoms with E-state index in [9.17, 15) is 0 Å². The Bertz CT molecular complexity index is 110. The zero-order valence-corrected chi connectivity index (χ0v) is 9.31. The van der Waals surface area contributed by atoms with Crippen molar-refractivity contribution in [3.05, 3.63) is 0 Å². The molecule has 1 heteroatoms. The summed E-state index contributed by atoms with van der Waals surface area (Å²) >= 11 is 0. The van der Waals surface area contributed by atoms with Crippen LogP contribution >= 0.6 is 0 Å². The van der Waals surface area contributed by atoms with Crippen molar-refractivity contribution in [2.75, 3.05) is 13.6 Å². The molecule has 0 aromatic carbocycles. The van der Waals surface area contributed by atoms with Gasteiger partial charge in [0.1, 0.15) is 0 Å². The lowest BCUT2D eigenvalue weighted by molar-refractivity contribution is 0.346. The van der Waals surface area contributed by atoms with E-state index in [4.69, 9.17) is 0 Å². The van der Waals surface area contributed by atoms with Gasteiger partial charge in [-0.15, -0.1) is 0 Å². The molecule has 0 saturated heterocycles. The van der Waals surface area contributed by atoms with Gasteiger partial charge in [0.05, 0.1) is 0 Å². The minimum atomic E-state index is 0.943. The van der Waals surface area contributed by atoms with E-state index in [-0.39, 0.29) is 0 Å². The van der Waals surface area contributed by atoms with Gasteiger partial charge in [0.25, 0.3) is 0 Å². The quantitative estimate of drug-likeness (QED) is 0.667. The van der Waals surface area contributed by atoms with E-state index in [1.54, 1.807) is 0 Å². The van der Waals surface area contributed by atoms with E-state index in [1.807, 2.05) is 0 Å². The van der Waals surface area contributed by atoms with Gasteiger partial charge < -0.3 is 5.32 Å². The molecular weight excluding hydrogens is 158 g/mol. The summed E-state index contributed by atoms with van der Waals surface area (Å²) < 4.78 is 0. The molecular formula is C12H25N. The number of hydrogen-bond donors (Lipinski definition) is 1. The van der Waals surface area contributed by atoms with Gasteiger partial charge in [0, 0.05) is 0 Å². The molecule has 1 fully saturated rings. The smallest absolute Gasteiger partial charge is 0.00234 e. The first-order valence-corrected chi connectivity index (χ1v) is 6.01. The van der Waals surface area contributed by atoms with Gasteiger partial charge in [0.15, 0.2) is 0 Å². The van der Waals surface area contributed by atoms with Gasteiger partial charge in [-0.1, -0.05) is 39.0 Å². The Morgan fingerprint density at radius 3 is 2.54 bits per heavy atom. The van der Waals surface area contributed by atoms with E-state index in [2.05, 4.69) is 19.3 Å². The molecule has 0 heterocycles. The fraction of sp³-hybridized carbons (Fsp3) is 1.00. The first-order chi connectivity index (χ1) is 6.36. The average molecular weight is 183 g/mol. The van der Waals surface area contributed by atoms with Crippen molar-refractivity contribution in [3.63, 3.8) is 0 Å². The van der Waals surface area contributed by atoms with Crippen molar-refractivity contribution < 1.29 is 0 Å². The molecule has 78 valence electrons. The fourth-order valence-electron chi connectivity index (χ4n) is 2.72. The molecule has 0 spiro atoms. The maximum Gasteiger partial charge on any atom is -0.00234 e. The molecule has 1 rings (SSSR count). The van der Waals surface area contributed by atoms with Crippen LogP contribution in [-0.2, 0) is 0 Å². The zero-order valence-electron chi connectivity index (χ0n) is 9.31. The lowest BCUT2D eigenvalue weighted by Gasteiger charge is -2.19. The Morgan fingerprint density at radius 2 is 2.00 bits per heavy atom. The summed E-state index contributed by atoms with van der Waals surface area (Å²) in [6.07, 6.45) is 10.2. The van der Waals surface area contributed by atoms with Crippen LogP contribution < -0.4 is 5.32 Å². The van der Waals surface area contributed by atoms with Crippen molar-refractivity contribution >= 4 is 0 Å². The Balaban J connectivity index is 2.19. The second kappa shape index (κ2) is 6.42. The molecule has 1 atom stereocenters. The first kappa shape index (κ1) is 11.0. The summed E-state index contributed by atoms with van der Waals surface area (Å²) in [6.45, 7) is 3.53. The molecule has 0 amide bonds. The number of nitrogens with one attached hydrogen (secondary N) is 1. The molecule has 0 aromatic rings. The molecule has 13 heavy (non-hydrogen) atoms. The second-order valence-corrected chi connectivity index (χ2v) is 4.60. The first-order valence-electron chi connectivity index (χ1n) is 6.01. The minimum Gasteiger partial charge on any atom is -0.319 e. The van der Waals surface area contributed by atoms with E-state index < -0.39 is 0 Å². The van der Waals surface area contributed by atoms with E-state index in [1.165, 1.54) is 51.5 Å². The molecule has 0 aliphatic heterocycles. The maximum absolute atomic E-state index is 3.33. The highest BCUT2D eigenvalue weighted by molar-refractivity contribution is 4.72. The van der Waals surface area contributed by atoms with Crippen molar-refractivity contribution in [2.45, 2.75) is 51.9 Å². The topological polar surface area (TPSA) is 12.0 Å². The van der Waals surface area contributed by atoms with Crippen molar-refractivity contribution in [2.24, 2.45) is 11.8 Å². The summed E-state index contributed by atoms with van der Waals surface area (Å²) in [7, 11) is 2.08. The van der Waals surface area contributed by atoms with Gasteiger partial charge in [0.2, 0.25) is 0 Å². The number of rotatable bonds is 6. The predicted octanol–water partition coefficient (Wildman–Crippen LogP) is 3.20. The van der Waals surface area contributed by atoms with Crippen LogP contribution in [0.5, 0.6) is 0 Å². The SMILES string of the molecule is CCCC(CNC)CC1CCCC1. The second-order valence-electron chi connectivity index (χ2n) is 4.60. The Hall–Kier alpha value is -0.0400. The molecule has 0 radical (unpaired) electrons. The van der Waals surface area contributed by atoms with Gasteiger partial charge >= 0.3 is 0 Å². The van der Waals surface area contributed by atoms with Crippen LogP contribution in [-0.4, -0.2) is 13.6 Å². The van der Waals surface area contributed by atoms with Crippen LogP contribution in [0.4, 0.5) is 0 Å². The van der Waals surface area contributed by atoms with Crippen LogP contribution in [0, 0.1) is 11.8 Å². The Kier molecular flexibility index (Phi) is 5.45. The summed E-state index contributed by atoms with van der Waals surface area (Å²) in [5, 5.41) is 3.33. The molecule has 0 aromatic heterocycles. The largest absolute Gasteiger partial charge is 0.319 e. The highest BCUT2D eigenvalue weighted by atomic mass is 14.8. The van der Waals surface area contributed by atoms with Crippen molar-refractivity contribution in [3.8, 4) is 0 Å². The third-order valence-electron chi connectivity index (χ3n) is 3.33. The molecule has 1 aliphatic carbocycles. The van der Waals surface area contributed by atoms with E-state index >= 15 is 0 Å². The lowest BCUT2D eigenvalue weighted by atomic mass is 9.90. The van der Waals surface area contributed by atoms with Crippen LogP contribution in [0.3, 0.4) is 0 Å². The summed E-state index contributed by atoms with van der Waals surface area (Å²) in [5.41, 5.74) is 0. The standard InChI is InChI=1S/C12H25N/c1-3-6-12(10-13-2)9-11-7-4-5-8-11/h11-13H,3-10H2,1-2H3. The normalized spacial score (nSPS) is 20.8. The molecule has 0 bridgehead atoms. The molecule has 1 aliphatic rings. The molecule has 1 N–H and O–H groups in total. The summed E-state index contributed by atoms with van der Waals surface area (Å²) in [4.78, 5) is 0. The van der Waals surface area contributed by atoms with Crippen LogP contribution in [0.15, 0.2) is 0 Å². The minimum absolute atomic E-state index is 0.943. The Morgan fingerprint density at radius 1 is 1.31 bits per heavy atom. The highest BCUT2D eigenvalue weighted by Gasteiger charge is 2.19. The monoisotopic (exact) mass is 183 g/mol. The average Bonchev–Trinajstić information content (AvgIpc) is 2.58. The third kappa shape index (κ3) is 4.12. The van der Waals surface area contributed by atoms with E-state index in [0.29, 0.717) is 0 Å². The van der Waals surface area contributed by atoms with Gasteiger partial charge in [-0.2, -0.15) is 0 Å². The molecule has 1 nitrogen and oxygen atoms in total. The highest BCUT2D eigenvalue weighted by Crippen LogP contribution is 2.31. The van der Waals surface area contributed by atoms with Gasteiger partial charge in [-0.25, -0.2) is 0 Å². The number of hydrogen-bond acceptors (Lipinski definition) is 1. The zero-order chi connectivity index (χ0) is 9.52. The predicted molar refractivity (Wildman–Crippen MR) is 58.9 cm³/mol.